The van der Waals surface area contributed by atoms with E-state index >= 15 is 0 Å². The van der Waals surface area contributed by atoms with Crippen LogP contribution in [0.1, 0.15) is 12.2 Å². The molecule has 128 valence electrons. The van der Waals surface area contributed by atoms with Crippen LogP contribution in [0.2, 0.25) is 0 Å². The van der Waals surface area contributed by atoms with Crippen LogP contribution in [0, 0.1) is 12.7 Å². The monoisotopic (exact) mass is 351 g/mol. The number of aromatic nitrogens is 1. The van der Waals surface area contributed by atoms with E-state index in [9.17, 15) is 14.0 Å². The van der Waals surface area contributed by atoms with Gasteiger partial charge in [-0.3, -0.25) is 9.59 Å². The highest BCUT2D eigenvalue weighted by molar-refractivity contribution is 7.99. The van der Waals surface area contributed by atoms with E-state index in [-0.39, 0.29) is 30.6 Å². The first-order valence-corrected chi connectivity index (χ1v) is 8.28. The Balaban J connectivity index is 1.71. The molecule has 0 atom stereocenters. The number of hydrogen-bond acceptors (Lipinski definition) is 5. The third kappa shape index (κ3) is 5.69. The van der Waals surface area contributed by atoms with E-state index in [1.54, 1.807) is 32.2 Å². The summed E-state index contributed by atoms with van der Waals surface area (Å²) in [5.74, 6) is 0.696. The predicted molar refractivity (Wildman–Crippen MR) is 89.2 cm³/mol. The standard InChI is InChI=1S/C16H18FN3O3S/c1-11-9-14(19-23-11)18-15(21)10-20(2)16(22)7-8-24-13-5-3-12(17)4-6-13/h3-6,9H,7-8,10H2,1-2H3,(H,18,19,21). The van der Waals surface area contributed by atoms with Gasteiger partial charge in [-0.2, -0.15) is 0 Å². The Bertz CT molecular complexity index is 703. The summed E-state index contributed by atoms with van der Waals surface area (Å²) >= 11 is 1.46. The Morgan fingerprint density at radius 2 is 2.04 bits per heavy atom. The van der Waals surface area contributed by atoms with Crippen molar-refractivity contribution in [1.29, 1.82) is 0 Å². The molecule has 2 aromatic rings. The number of likely N-dealkylation sites (N-methyl/N-ethyl adjacent to an activating group) is 1. The lowest BCUT2D eigenvalue weighted by atomic mass is 10.3. The largest absolute Gasteiger partial charge is 0.360 e. The minimum absolute atomic E-state index is 0.0635. The normalized spacial score (nSPS) is 10.5. The van der Waals surface area contributed by atoms with Gasteiger partial charge >= 0.3 is 0 Å². The van der Waals surface area contributed by atoms with Crippen LogP contribution in [0.5, 0.6) is 0 Å². The van der Waals surface area contributed by atoms with E-state index in [2.05, 4.69) is 10.5 Å². The molecule has 24 heavy (non-hydrogen) atoms. The maximum atomic E-state index is 12.8. The van der Waals surface area contributed by atoms with E-state index in [0.29, 0.717) is 17.3 Å². The summed E-state index contributed by atoms with van der Waals surface area (Å²) in [7, 11) is 1.57. The van der Waals surface area contributed by atoms with Crippen molar-refractivity contribution in [2.24, 2.45) is 0 Å². The van der Waals surface area contributed by atoms with Crippen molar-refractivity contribution in [3.8, 4) is 0 Å². The number of anilines is 1. The fourth-order valence-corrected chi connectivity index (χ4v) is 2.73. The zero-order chi connectivity index (χ0) is 17.5. The highest BCUT2D eigenvalue weighted by Crippen LogP contribution is 2.19. The lowest BCUT2D eigenvalue weighted by Crippen LogP contribution is -2.35. The topological polar surface area (TPSA) is 75.4 Å². The number of halogens is 1. The Morgan fingerprint density at radius 1 is 1.33 bits per heavy atom. The number of benzene rings is 1. The van der Waals surface area contributed by atoms with Crippen LogP contribution in [0.4, 0.5) is 10.2 Å². The molecule has 1 aromatic carbocycles. The Labute approximate surface area is 143 Å². The second-order valence-corrected chi connectivity index (χ2v) is 6.34. The summed E-state index contributed by atoms with van der Waals surface area (Å²) in [4.78, 5) is 26.1. The minimum atomic E-state index is -0.342. The van der Waals surface area contributed by atoms with Crippen molar-refractivity contribution in [3.63, 3.8) is 0 Å². The molecule has 0 spiro atoms. The van der Waals surface area contributed by atoms with Gasteiger partial charge in [0.25, 0.3) is 0 Å². The number of carbonyl (C=O) groups excluding carboxylic acids is 2. The van der Waals surface area contributed by atoms with Gasteiger partial charge in [0.15, 0.2) is 5.82 Å². The van der Waals surface area contributed by atoms with Crippen molar-refractivity contribution in [2.45, 2.75) is 18.2 Å². The van der Waals surface area contributed by atoms with Crippen LogP contribution in [0.15, 0.2) is 39.8 Å². The summed E-state index contributed by atoms with van der Waals surface area (Å²) in [6.07, 6.45) is 0.287. The van der Waals surface area contributed by atoms with E-state index in [1.807, 2.05) is 0 Å². The molecule has 1 aromatic heterocycles. The van der Waals surface area contributed by atoms with Crippen LogP contribution in [0.25, 0.3) is 0 Å². The third-order valence-corrected chi connectivity index (χ3v) is 4.11. The first-order valence-electron chi connectivity index (χ1n) is 7.29. The molecule has 0 bridgehead atoms. The Kier molecular flexibility index (Phi) is 6.36. The number of carbonyl (C=O) groups is 2. The van der Waals surface area contributed by atoms with Crippen LogP contribution in [-0.4, -0.2) is 41.2 Å². The van der Waals surface area contributed by atoms with Gasteiger partial charge < -0.3 is 14.7 Å². The maximum absolute atomic E-state index is 12.8. The smallest absolute Gasteiger partial charge is 0.245 e. The molecule has 0 aliphatic carbocycles. The van der Waals surface area contributed by atoms with E-state index in [4.69, 9.17) is 4.52 Å². The summed E-state index contributed by atoms with van der Waals surface area (Å²) in [6.45, 7) is 1.66. The van der Waals surface area contributed by atoms with Crippen molar-refractivity contribution in [2.75, 3.05) is 24.7 Å². The minimum Gasteiger partial charge on any atom is -0.360 e. The molecule has 1 N–H and O–H groups in total. The molecule has 0 fully saturated rings. The average Bonchev–Trinajstić information content (AvgIpc) is 2.93. The van der Waals surface area contributed by atoms with Crippen molar-refractivity contribution in [1.82, 2.24) is 10.1 Å². The second kappa shape index (κ2) is 8.49. The third-order valence-electron chi connectivity index (χ3n) is 3.10. The van der Waals surface area contributed by atoms with Crippen LogP contribution >= 0.6 is 11.8 Å². The van der Waals surface area contributed by atoms with Gasteiger partial charge in [-0.15, -0.1) is 11.8 Å². The molecule has 0 saturated carbocycles. The van der Waals surface area contributed by atoms with Crippen molar-refractivity contribution >= 4 is 29.4 Å². The lowest BCUT2D eigenvalue weighted by Gasteiger charge is -2.16. The zero-order valence-electron chi connectivity index (χ0n) is 13.4. The van der Waals surface area contributed by atoms with Crippen molar-refractivity contribution in [3.05, 3.63) is 41.9 Å². The fraction of sp³-hybridized carbons (Fsp3) is 0.312. The highest BCUT2D eigenvalue weighted by Gasteiger charge is 2.14. The zero-order valence-corrected chi connectivity index (χ0v) is 14.2. The number of aryl methyl sites for hydroxylation is 1. The van der Waals surface area contributed by atoms with Gasteiger partial charge in [-0.05, 0) is 31.2 Å². The van der Waals surface area contributed by atoms with Gasteiger partial charge in [0.1, 0.15) is 11.6 Å². The highest BCUT2D eigenvalue weighted by atomic mass is 32.2. The summed E-state index contributed by atoms with van der Waals surface area (Å²) in [6, 6.07) is 7.70. The molecule has 0 aliphatic rings. The van der Waals surface area contributed by atoms with Crippen LogP contribution < -0.4 is 5.32 Å². The molecular formula is C16H18FN3O3S. The van der Waals surface area contributed by atoms with Gasteiger partial charge in [0.05, 0.1) is 6.54 Å². The quantitative estimate of drug-likeness (QED) is 0.776. The van der Waals surface area contributed by atoms with E-state index in [1.165, 1.54) is 28.8 Å². The second-order valence-electron chi connectivity index (χ2n) is 5.17. The molecule has 6 nitrogen and oxygen atoms in total. The molecule has 1 heterocycles. The summed E-state index contributed by atoms with van der Waals surface area (Å²) in [5.41, 5.74) is 0. The molecule has 2 rings (SSSR count). The average molecular weight is 351 g/mol. The van der Waals surface area contributed by atoms with E-state index in [0.717, 1.165) is 4.90 Å². The van der Waals surface area contributed by atoms with Crippen LogP contribution in [0.3, 0.4) is 0 Å². The van der Waals surface area contributed by atoms with Gasteiger partial charge in [0, 0.05) is 30.2 Å². The van der Waals surface area contributed by atoms with Gasteiger partial charge in [-0.25, -0.2) is 4.39 Å². The molecule has 0 aliphatic heterocycles. The molecular weight excluding hydrogens is 333 g/mol. The Morgan fingerprint density at radius 3 is 2.67 bits per heavy atom. The number of thioether (sulfide) groups is 1. The summed E-state index contributed by atoms with van der Waals surface area (Å²) in [5, 5.41) is 6.21. The number of nitrogens with one attached hydrogen (secondary N) is 1. The molecule has 0 unspecified atom stereocenters. The van der Waals surface area contributed by atoms with Gasteiger partial charge in [0.2, 0.25) is 11.8 Å². The molecule has 0 radical (unpaired) electrons. The fourth-order valence-electron chi connectivity index (χ4n) is 1.89. The Hall–Kier alpha value is -2.35. The first-order chi connectivity index (χ1) is 11.4. The van der Waals surface area contributed by atoms with Crippen LogP contribution in [-0.2, 0) is 9.59 Å². The SMILES string of the molecule is Cc1cc(NC(=O)CN(C)C(=O)CCSc2ccc(F)cc2)no1. The number of hydrogen-bond donors (Lipinski definition) is 1. The van der Waals surface area contributed by atoms with E-state index < -0.39 is 0 Å². The van der Waals surface area contributed by atoms with Gasteiger partial charge in [-0.1, -0.05) is 5.16 Å². The summed E-state index contributed by atoms with van der Waals surface area (Å²) < 4.78 is 17.7. The molecule has 2 amide bonds. The number of amides is 2. The predicted octanol–water partition coefficient (Wildman–Crippen LogP) is 2.70. The van der Waals surface area contributed by atoms with Crippen molar-refractivity contribution < 1.29 is 18.5 Å². The number of nitrogens with zero attached hydrogens (tertiary/aromatic N) is 2. The first kappa shape index (κ1) is 18.0. The number of rotatable bonds is 7. The molecule has 0 saturated heterocycles. The molecule has 8 heteroatoms. The lowest BCUT2D eigenvalue weighted by molar-refractivity contribution is -0.132. The maximum Gasteiger partial charge on any atom is 0.245 e.